The lowest BCUT2D eigenvalue weighted by molar-refractivity contribution is 0.149. The molecule has 0 aliphatic carbocycles. The fraction of sp³-hybridized carbons (Fsp3) is 0.571. The molecule has 1 N–H and O–H groups in total. The van der Waals surface area contributed by atoms with Crippen molar-refractivity contribution in [2.24, 2.45) is 0 Å². The summed E-state index contributed by atoms with van der Waals surface area (Å²) in [4.78, 5) is 2.42. The second-order valence-corrected chi connectivity index (χ2v) is 4.63. The van der Waals surface area contributed by atoms with Gasteiger partial charge in [0.1, 0.15) is 5.75 Å². The zero-order valence-corrected chi connectivity index (χ0v) is 10.4. The highest BCUT2D eigenvalue weighted by Crippen LogP contribution is 2.21. The molecule has 1 aliphatic rings. The third-order valence-corrected chi connectivity index (χ3v) is 3.42. The van der Waals surface area contributed by atoms with Crippen molar-refractivity contribution < 1.29 is 9.84 Å². The van der Waals surface area contributed by atoms with Gasteiger partial charge in [-0.15, -0.1) is 0 Å². The van der Waals surface area contributed by atoms with Crippen molar-refractivity contribution in [3.63, 3.8) is 0 Å². The summed E-state index contributed by atoms with van der Waals surface area (Å²) in [6.07, 6.45) is 3.06. The molecule has 94 valence electrons. The van der Waals surface area contributed by atoms with Gasteiger partial charge in [0.25, 0.3) is 0 Å². The Morgan fingerprint density at radius 1 is 1.24 bits per heavy atom. The van der Waals surface area contributed by atoms with Gasteiger partial charge < -0.3 is 14.7 Å². The normalized spacial score (nSPS) is 18.2. The Morgan fingerprint density at radius 3 is 2.47 bits per heavy atom. The van der Waals surface area contributed by atoms with Gasteiger partial charge >= 0.3 is 0 Å². The van der Waals surface area contributed by atoms with Gasteiger partial charge in [-0.25, -0.2) is 0 Å². The van der Waals surface area contributed by atoms with Gasteiger partial charge in [-0.05, 0) is 50.0 Å². The molecule has 1 aliphatic heterocycles. The van der Waals surface area contributed by atoms with E-state index < -0.39 is 0 Å². The van der Waals surface area contributed by atoms with E-state index in [4.69, 9.17) is 4.74 Å². The number of ether oxygens (including phenoxy) is 1. The summed E-state index contributed by atoms with van der Waals surface area (Å²) in [6, 6.07) is 7.67. The molecule has 1 fully saturated rings. The smallest absolute Gasteiger partial charge is 0.118 e. The topological polar surface area (TPSA) is 32.7 Å². The first-order chi connectivity index (χ1) is 8.29. The van der Waals surface area contributed by atoms with Gasteiger partial charge in [0.05, 0.1) is 13.2 Å². The number of likely N-dealkylation sites (tertiary alicyclic amines) is 1. The minimum atomic E-state index is -0.360. The molecule has 1 heterocycles. The first kappa shape index (κ1) is 12.4. The van der Waals surface area contributed by atoms with Crippen LogP contribution in [-0.2, 0) is 0 Å². The quantitative estimate of drug-likeness (QED) is 0.849. The average molecular weight is 235 g/mol. The molecule has 0 radical (unpaired) electrons. The van der Waals surface area contributed by atoms with E-state index in [0.29, 0.717) is 0 Å². The van der Waals surface area contributed by atoms with E-state index in [1.807, 2.05) is 24.3 Å². The Morgan fingerprint density at radius 2 is 1.88 bits per heavy atom. The number of aliphatic hydroxyl groups excluding tert-OH is 1. The lowest BCUT2D eigenvalue weighted by Gasteiger charge is -2.17. The summed E-state index contributed by atoms with van der Waals surface area (Å²) in [7, 11) is 1.65. The van der Waals surface area contributed by atoms with Crippen LogP contribution in [0.3, 0.4) is 0 Å². The molecule has 1 atom stereocenters. The summed E-state index contributed by atoms with van der Waals surface area (Å²) < 4.78 is 5.10. The minimum Gasteiger partial charge on any atom is -0.497 e. The Kier molecular flexibility index (Phi) is 4.40. The van der Waals surface area contributed by atoms with Gasteiger partial charge in [-0.2, -0.15) is 0 Å². The fourth-order valence-corrected chi connectivity index (χ4v) is 2.30. The van der Waals surface area contributed by atoms with E-state index in [1.165, 1.54) is 25.9 Å². The van der Waals surface area contributed by atoms with Crippen LogP contribution in [0.2, 0.25) is 0 Å². The maximum atomic E-state index is 10.1. The number of hydrogen-bond acceptors (Lipinski definition) is 3. The predicted octanol–water partition coefficient (Wildman–Crippen LogP) is 2.21. The van der Waals surface area contributed by atoms with Gasteiger partial charge in [-0.1, -0.05) is 12.1 Å². The molecule has 1 saturated heterocycles. The molecule has 1 aromatic rings. The standard InChI is InChI=1S/C14H21NO2/c1-17-13-6-4-12(5-7-13)14(16)8-11-15-9-2-3-10-15/h4-7,14,16H,2-3,8-11H2,1H3. The Bertz CT molecular complexity index is 331. The fourth-order valence-electron chi connectivity index (χ4n) is 2.30. The molecule has 0 bridgehead atoms. The van der Waals surface area contributed by atoms with E-state index >= 15 is 0 Å². The number of aliphatic hydroxyl groups is 1. The first-order valence-corrected chi connectivity index (χ1v) is 6.34. The zero-order valence-electron chi connectivity index (χ0n) is 10.4. The number of rotatable bonds is 5. The van der Waals surface area contributed by atoms with Gasteiger partial charge in [0.15, 0.2) is 0 Å². The summed E-state index contributed by atoms with van der Waals surface area (Å²) in [5, 5.41) is 10.1. The Labute approximate surface area is 103 Å². The van der Waals surface area contributed by atoms with E-state index in [1.54, 1.807) is 7.11 Å². The molecule has 17 heavy (non-hydrogen) atoms. The average Bonchev–Trinajstić information content (AvgIpc) is 2.89. The molecule has 3 heteroatoms. The van der Waals surface area contributed by atoms with Crippen molar-refractivity contribution in [1.29, 1.82) is 0 Å². The van der Waals surface area contributed by atoms with Crippen molar-refractivity contribution in [3.05, 3.63) is 29.8 Å². The molecular weight excluding hydrogens is 214 g/mol. The van der Waals surface area contributed by atoms with Crippen LogP contribution in [0.4, 0.5) is 0 Å². The largest absolute Gasteiger partial charge is 0.497 e. The molecule has 3 nitrogen and oxygen atoms in total. The second-order valence-electron chi connectivity index (χ2n) is 4.63. The first-order valence-electron chi connectivity index (χ1n) is 6.34. The van der Waals surface area contributed by atoms with E-state index in [-0.39, 0.29) is 6.10 Å². The molecule has 0 spiro atoms. The van der Waals surface area contributed by atoms with E-state index in [0.717, 1.165) is 24.3 Å². The van der Waals surface area contributed by atoms with Crippen LogP contribution in [0.5, 0.6) is 5.75 Å². The number of hydrogen-bond donors (Lipinski definition) is 1. The molecule has 0 aromatic heterocycles. The van der Waals surface area contributed by atoms with Crippen LogP contribution in [-0.4, -0.2) is 36.8 Å². The van der Waals surface area contributed by atoms with Crippen LogP contribution in [0.25, 0.3) is 0 Å². The van der Waals surface area contributed by atoms with Gasteiger partial charge in [0, 0.05) is 6.54 Å². The molecule has 1 unspecified atom stereocenters. The lowest BCUT2D eigenvalue weighted by Crippen LogP contribution is -2.22. The SMILES string of the molecule is COc1ccc(C(O)CCN2CCCC2)cc1. The lowest BCUT2D eigenvalue weighted by atomic mass is 10.1. The predicted molar refractivity (Wildman–Crippen MR) is 68.2 cm³/mol. The van der Waals surface area contributed by atoms with Crippen LogP contribution in [0, 0.1) is 0 Å². The van der Waals surface area contributed by atoms with Crippen molar-refractivity contribution in [2.45, 2.75) is 25.4 Å². The highest BCUT2D eigenvalue weighted by Gasteiger charge is 2.14. The summed E-state index contributed by atoms with van der Waals surface area (Å²) in [5.41, 5.74) is 0.977. The van der Waals surface area contributed by atoms with Crippen LogP contribution in [0.15, 0.2) is 24.3 Å². The van der Waals surface area contributed by atoms with E-state index in [9.17, 15) is 5.11 Å². The maximum Gasteiger partial charge on any atom is 0.118 e. The molecule has 1 aromatic carbocycles. The van der Waals surface area contributed by atoms with Gasteiger partial charge in [-0.3, -0.25) is 0 Å². The van der Waals surface area contributed by atoms with E-state index in [2.05, 4.69) is 4.90 Å². The maximum absolute atomic E-state index is 10.1. The van der Waals surface area contributed by atoms with Crippen LogP contribution < -0.4 is 4.74 Å². The highest BCUT2D eigenvalue weighted by atomic mass is 16.5. The third-order valence-electron chi connectivity index (χ3n) is 3.42. The minimum absolute atomic E-state index is 0.360. The molecule has 0 amide bonds. The number of methoxy groups -OCH3 is 1. The monoisotopic (exact) mass is 235 g/mol. The molecule has 2 rings (SSSR count). The molecular formula is C14H21NO2. The van der Waals surface area contributed by atoms with Crippen LogP contribution in [0.1, 0.15) is 30.9 Å². The summed E-state index contributed by atoms with van der Waals surface area (Å²) in [5.74, 6) is 0.834. The zero-order chi connectivity index (χ0) is 12.1. The number of nitrogens with zero attached hydrogens (tertiary/aromatic N) is 1. The third kappa shape index (κ3) is 3.45. The van der Waals surface area contributed by atoms with Crippen molar-refractivity contribution in [3.8, 4) is 5.75 Å². The van der Waals surface area contributed by atoms with Gasteiger partial charge in [0.2, 0.25) is 0 Å². The number of benzene rings is 1. The van der Waals surface area contributed by atoms with Crippen LogP contribution >= 0.6 is 0 Å². The molecule has 0 saturated carbocycles. The second kappa shape index (κ2) is 6.03. The van der Waals surface area contributed by atoms with Crippen molar-refractivity contribution >= 4 is 0 Å². The summed E-state index contributed by atoms with van der Waals surface area (Å²) >= 11 is 0. The Hall–Kier alpha value is -1.06. The highest BCUT2D eigenvalue weighted by molar-refractivity contribution is 5.28. The summed E-state index contributed by atoms with van der Waals surface area (Å²) in [6.45, 7) is 3.37. The van der Waals surface area contributed by atoms with Crippen molar-refractivity contribution in [2.75, 3.05) is 26.7 Å². The Balaban J connectivity index is 1.83. The van der Waals surface area contributed by atoms with Crippen molar-refractivity contribution in [1.82, 2.24) is 4.90 Å².